The predicted octanol–water partition coefficient (Wildman–Crippen LogP) is 3.44. The molecule has 0 unspecified atom stereocenters. The lowest BCUT2D eigenvalue weighted by molar-refractivity contribution is -0.114. The van der Waals surface area contributed by atoms with E-state index in [1.807, 2.05) is 31.2 Å². The van der Waals surface area contributed by atoms with E-state index in [4.69, 9.17) is 5.73 Å². The zero-order valence-corrected chi connectivity index (χ0v) is 15.1. The number of nitrogens with two attached hydrogens (primary N) is 1. The van der Waals surface area contributed by atoms with E-state index in [0.717, 1.165) is 5.56 Å². The Bertz CT molecular complexity index is 775. The molecule has 2 aromatic rings. The third-order valence-corrected chi connectivity index (χ3v) is 3.96. The molecule has 2 amide bonds. The lowest BCUT2D eigenvalue weighted by Gasteiger charge is -2.19. The van der Waals surface area contributed by atoms with E-state index in [0.29, 0.717) is 16.9 Å². The Morgan fingerprint density at radius 1 is 1.00 bits per heavy atom. The van der Waals surface area contributed by atoms with Crippen molar-refractivity contribution in [1.29, 1.82) is 0 Å². The largest absolute Gasteiger partial charge is 0.325 e. The van der Waals surface area contributed by atoms with Gasteiger partial charge >= 0.3 is 0 Å². The first-order valence-electron chi connectivity index (χ1n) is 8.23. The Labute approximate surface area is 148 Å². The molecule has 132 valence electrons. The maximum absolute atomic E-state index is 12.4. The summed E-state index contributed by atoms with van der Waals surface area (Å²) >= 11 is 0. The van der Waals surface area contributed by atoms with Gasteiger partial charge in [-0.25, -0.2) is 0 Å². The highest BCUT2D eigenvalue weighted by Gasteiger charge is 2.14. The molecule has 0 bridgehead atoms. The molecule has 0 radical (unpaired) electrons. The smallest absolute Gasteiger partial charge is 0.255 e. The summed E-state index contributed by atoms with van der Waals surface area (Å²) in [4.78, 5) is 23.8. The molecule has 0 aliphatic rings. The number of benzene rings is 2. The summed E-state index contributed by atoms with van der Waals surface area (Å²) in [6, 6.07) is 12.9. The molecule has 0 saturated heterocycles. The number of carbonyl (C=O) groups excluding carboxylic acids is 2. The fourth-order valence-corrected chi connectivity index (χ4v) is 2.41. The molecule has 0 saturated carbocycles. The van der Waals surface area contributed by atoms with Crippen LogP contribution in [0, 0.1) is 6.92 Å². The topological polar surface area (TPSA) is 84.2 Å². The molecule has 4 N–H and O–H groups in total. The van der Waals surface area contributed by atoms with Crippen LogP contribution in [-0.2, 0) is 10.2 Å². The number of hydrogen-bond acceptors (Lipinski definition) is 3. The van der Waals surface area contributed by atoms with Crippen molar-refractivity contribution in [2.45, 2.75) is 33.1 Å². The summed E-state index contributed by atoms with van der Waals surface area (Å²) in [6.07, 6.45) is 0. The van der Waals surface area contributed by atoms with Crippen LogP contribution < -0.4 is 16.4 Å². The zero-order valence-electron chi connectivity index (χ0n) is 15.1. The van der Waals surface area contributed by atoms with E-state index in [2.05, 4.69) is 31.4 Å². The second-order valence-electron chi connectivity index (χ2n) is 7.06. The molecule has 5 nitrogen and oxygen atoms in total. The maximum Gasteiger partial charge on any atom is 0.255 e. The minimum Gasteiger partial charge on any atom is -0.325 e. The van der Waals surface area contributed by atoms with Crippen molar-refractivity contribution in [3.05, 3.63) is 59.2 Å². The molecule has 0 fully saturated rings. The van der Waals surface area contributed by atoms with Crippen molar-refractivity contribution < 1.29 is 9.59 Å². The van der Waals surface area contributed by atoms with Gasteiger partial charge in [-0.05, 0) is 53.8 Å². The Morgan fingerprint density at radius 2 is 1.64 bits per heavy atom. The highest BCUT2D eigenvalue weighted by Crippen LogP contribution is 2.23. The van der Waals surface area contributed by atoms with Crippen molar-refractivity contribution >= 4 is 23.2 Å². The number of carbonyl (C=O) groups is 2. The van der Waals surface area contributed by atoms with Crippen LogP contribution in [0.5, 0.6) is 0 Å². The van der Waals surface area contributed by atoms with E-state index in [9.17, 15) is 9.59 Å². The van der Waals surface area contributed by atoms with E-state index in [1.165, 1.54) is 5.56 Å². The molecule has 0 aliphatic carbocycles. The van der Waals surface area contributed by atoms with Gasteiger partial charge in [0.2, 0.25) is 5.91 Å². The molecule has 25 heavy (non-hydrogen) atoms. The Hall–Kier alpha value is -2.66. The molecule has 0 aromatic heterocycles. The lowest BCUT2D eigenvalue weighted by Crippen LogP contribution is -2.22. The SMILES string of the molecule is Cc1cc(NC(=O)CN)ccc1NC(=O)c1ccc(C(C)(C)C)cc1. The van der Waals surface area contributed by atoms with E-state index >= 15 is 0 Å². The van der Waals surface area contributed by atoms with Gasteiger partial charge in [0.15, 0.2) is 0 Å². The van der Waals surface area contributed by atoms with Crippen LogP contribution in [0.4, 0.5) is 11.4 Å². The van der Waals surface area contributed by atoms with Crippen molar-refractivity contribution in [3.8, 4) is 0 Å². The summed E-state index contributed by atoms with van der Waals surface area (Å²) < 4.78 is 0. The standard InChI is InChI=1S/C20H25N3O2/c1-13-11-16(22-18(24)12-21)9-10-17(13)23-19(25)14-5-7-15(8-6-14)20(2,3)4/h5-11H,12,21H2,1-4H3,(H,22,24)(H,23,25). The van der Waals surface area contributed by atoms with Crippen LogP contribution in [0.15, 0.2) is 42.5 Å². The number of amides is 2. The summed E-state index contributed by atoms with van der Waals surface area (Å²) in [5.74, 6) is -0.419. The number of anilines is 2. The second kappa shape index (κ2) is 7.49. The summed E-state index contributed by atoms with van der Waals surface area (Å²) in [5, 5.41) is 5.59. The minimum atomic E-state index is -0.255. The van der Waals surface area contributed by atoms with Gasteiger partial charge in [-0.2, -0.15) is 0 Å². The van der Waals surface area contributed by atoms with Crippen molar-refractivity contribution in [1.82, 2.24) is 0 Å². The summed E-state index contributed by atoms with van der Waals surface area (Å²) in [5.41, 5.74) is 9.34. The molecule has 2 aromatic carbocycles. The number of rotatable bonds is 4. The van der Waals surface area contributed by atoms with Crippen LogP contribution in [0.1, 0.15) is 42.3 Å². The average Bonchev–Trinajstić information content (AvgIpc) is 2.56. The fourth-order valence-electron chi connectivity index (χ4n) is 2.41. The van der Waals surface area contributed by atoms with E-state index < -0.39 is 0 Å². The van der Waals surface area contributed by atoms with Gasteiger partial charge in [0.05, 0.1) is 6.54 Å². The van der Waals surface area contributed by atoms with E-state index in [-0.39, 0.29) is 23.8 Å². The zero-order chi connectivity index (χ0) is 18.6. The Morgan fingerprint density at radius 3 is 2.16 bits per heavy atom. The van der Waals surface area contributed by atoms with Crippen molar-refractivity contribution in [2.75, 3.05) is 17.2 Å². The quantitative estimate of drug-likeness (QED) is 0.798. The average molecular weight is 339 g/mol. The normalized spacial score (nSPS) is 11.1. The highest BCUT2D eigenvalue weighted by molar-refractivity contribution is 6.05. The Kier molecular flexibility index (Phi) is 5.59. The van der Waals surface area contributed by atoms with Crippen molar-refractivity contribution in [2.24, 2.45) is 5.73 Å². The molecule has 0 aliphatic heterocycles. The number of hydrogen-bond donors (Lipinski definition) is 3. The van der Waals surface area contributed by atoms with Crippen LogP contribution in [0.25, 0.3) is 0 Å². The van der Waals surface area contributed by atoms with Gasteiger partial charge in [0.1, 0.15) is 0 Å². The fraction of sp³-hybridized carbons (Fsp3) is 0.300. The first kappa shape index (κ1) is 18.7. The lowest BCUT2D eigenvalue weighted by atomic mass is 9.87. The monoisotopic (exact) mass is 339 g/mol. The van der Waals surface area contributed by atoms with E-state index in [1.54, 1.807) is 18.2 Å². The van der Waals surface area contributed by atoms with Gasteiger partial charge in [-0.3, -0.25) is 9.59 Å². The predicted molar refractivity (Wildman–Crippen MR) is 102 cm³/mol. The van der Waals surface area contributed by atoms with Crippen molar-refractivity contribution in [3.63, 3.8) is 0 Å². The molecular weight excluding hydrogens is 314 g/mol. The van der Waals surface area contributed by atoms with Crippen LogP contribution in [0.3, 0.4) is 0 Å². The molecular formula is C20H25N3O2. The van der Waals surface area contributed by atoms with Crippen LogP contribution in [0.2, 0.25) is 0 Å². The number of nitrogens with one attached hydrogen (secondary N) is 2. The molecule has 0 atom stereocenters. The third-order valence-electron chi connectivity index (χ3n) is 3.96. The molecule has 2 rings (SSSR count). The summed E-state index contributed by atoms with van der Waals surface area (Å²) in [6.45, 7) is 8.21. The maximum atomic E-state index is 12.4. The molecule has 0 heterocycles. The second-order valence-corrected chi connectivity index (χ2v) is 7.06. The van der Waals surface area contributed by atoms with Gasteiger partial charge in [0.25, 0.3) is 5.91 Å². The number of aryl methyl sites for hydroxylation is 1. The van der Waals surface area contributed by atoms with Crippen LogP contribution >= 0.6 is 0 Å². The van der Waals surface area contributed by atoms with Crippen LogP contribution in [-0.4, -0.2) is 18.4 Å². The van der Waals surface area contributed by atoms with Gasteiger partial charge in [-0.1, -0.05) is 32.9 Å². The summed E-state index contributed by atoms with van der Waals surface area (Å²) in [7, 11) is 0. The Balaban J connectivity index is 2.11. The highest BCUT2D eigenvalue weighted by atomic mass is 16.2. The van der Waals surface area contributed by atoms with Gasteiger partial charge in [-0.15, -0.1) is 0 Å². The van der Waals surface area contributed by atoms with Gasteiger partial charge in [0, 0.05) is 16.9 Å². The molecule has 5 heteroatoms. The third kappa shape index (κ3) is 4.90. The minimum absolute atomic E-state index is 0.0510. The molecule has 0 spiro atoms. The first-order valence-corrected chi connectivity index (χ1v) is 8.23. The first-order chi connectivity index (χ1) is 11.7. The van der Waals surface area contributed by atoms with Gasteiger partial charge < -0.3 is 16.4 Å².